The number of carbonyl (C=O) groups is 1. The van der Waals surface area contributed by atoms with Crippen molar-refractivity contribution in [2.24, 2.45) is 0 Å². The summed E-state index contributed by atoms with van der Waals surface area (Å²) in [6, 6.07) is 1.24. The Morgan fingerprint density at radius 2 is 1.94 bits per heavy atom. The first-order valence-electron chi connectivity index (χ1n) is 5.96. The minimum absolute atomic E-state index is 0.0727. The molecule has 0 aliphatic carbocycles. The number of carbonyl (C=O) groups excluding carboxylic acids is 1. The number of aromatic nitrogens is 2. The first-order valence-corrected chi connectivity index (χ1v) is 5.96. The van der Waals surface area contributed by atoms with Gasteiger partial charge in [-0.2, -0.15) is 0 Å². The van der Waals surface area contributed by atoms with Crippen molar-refractivity contribution in [1.29, 1.82) is 0 Å². The minimum atomic E-state index is -0.674. The van der Waals surface area contributed by atoms with E-state index in [0.717, 1.165) is 26.2 Å². The normalized spacial score (nSPS) is 15.7. The van der Waals surface area contributed by atoms with Gasteiger partial charge in [0.15, 0.2) is 0 Å². The predicted molar refractivity (Wildman–Crippen MR) is 65.5 cm³/mol. The molecule has 2 rings (SSSR count). The zero-order chi connectivity index (χ0) is 13.0. The Hall–Kier alpha value is -1.89. The molecule has 1 aliphatic rings. The second-order valence-corrected chi connectivity index (χ2v) is 4.24. The number of piperazine rings is 1. The highest BCUT2D eigenvalue weighted by Gasteiger charge is 2.15. The number of H-pyrrole nitrogens is 2. The molecule has 0 saturated carbocycles. The monoisotopic (exact) mass is 252 g/mol. The van der Waals surface area contributed by atoms with Gasteiger partial charge in [-0.15, -0.1) is 0 Å². The van der Waals surface area contributed by atoms with E-state index in [1.165, 1.54) is 6.07 Å². The third kappa shape index (κ3) is 3.07. The second kappa shape index (κ2) is 5.63. The summed E-state index contributed by atoms with van der Waals surface area (Å²) < 4.78 is 0. The summed E-state index contributed by atoms with van der Waals surface area (Å²) >= 11 is 0. The number of amides is 1. The summed E-state index contributed by atoms with van der Waals surface area (Å²) in [7, 11) is 0. The molecule has 0 radical (unpaired) electrons. The van der Waals surface area contributed by atoms with Gasteiger partial charge >= 0.3 is 5.56 Å². The van der Waals surface area contributed by atoms with E-state index < -0.39 is 11.0 Å². The summed E-state index contributed by atoms with van der Waals surface area (Å²) in [6.07, 6.45) is 0.761. The highest BCUT2D eigenvalue weighted by molar-refractivity contribution is 5.76. The first kappa shape index (κ1) is 12.6. The Bertz CT molecular complexity index is 528. The van der Waals surface area contributed by atoms with E-state index >= 15 is 0 Å². The van der Waals surface area contributed by atoms with Gasteiger partial charge in [-0.1, -0.05) is 0 Å². The lowest BCUT2D eigenvalue weighted by atomic mass is 10.2. The van der Waals surface area contributed by atoms with E-state index in [9.17, 15) is 14.4 Å². The van der Waals surface area contributed by atoms with Crippen molar-refractivity contribution in [2.75, 3.05) is 26.2 Å². The topological polar surface area (TPSA) is 98.1 Å². The van der Waals surface area contributed by atoms with Crippen molar-refractivity contribution in [2.45, 2.75) is 12.8 Å². The average molecular weight is 252 g/mol. The third-order valence-corrected chi connectivity index (χ3v) is 2.94. The Morgan fingerprint density at radius 1 is 1.22 bits per heavy atom. The Kier molecular flexibility index (Phi) is 3.93. The van der Waals surface area contributed by atoms with Crippen LogP contribution in [0.3, 0.4) is 0 Å². The molecule has 1 amide bonds. The molecule has 1 aliphatic heterocycles. The van der Waals surface area contributed by atoms with Gasteiger partial charge in [-0.25, -0.2) is 0 Å². The number of nitrogens with one attached hydrogen (secondary N) is 3. The van der Waals surface area contributed by atoms with E-state index in [4.69, 9.17) is 0 Å². The summed E-state index contributed by atoms with van der Waals surface area (Å²) in [5, 5.41) is 8.03. The molecular weight excluding hydrogens is 236 g/mol. The van der Waals surface area contributed by atoms with Crippen molar-refractivity contribution < 1.29 is 4.79 Å². The maximum atomic E-state index is 11.9. The number of hydrogen-bond acceptors (Lipinski definition) is 4. The van der Waals surface area contributed by atoms with E-state index in [-0.39, 0.29) is 5.91 Å². The van der Waals surface area contributed by atoms with E-state index in [0.29, 0.717) is 18.5 Å². The van der Waals surface area contributed by atoms with Crippen molar-refractivity contribution in [3.63, 3.8) is 0 Å². The fraction of sp³-hybridized carbons (Fsp3) is 0.545. The van der Waals surface area contributed by atoms with Gasteiger partial charge < -0.3 is 15.3 Å². The maximum Gasteiger partial charge on any atom is 0.310 e. The van der Waals surface area contributed by atoms with Gasteiger partial charge in [0, 0.05) is 44.4 Å². The number of aryl methyl sites for hydroxylation is 1. The number of hydrogen-bond donors (Lipinski definition) is 3. The summed E-state index contributed by atoms with van der Waals surface area (Å²) in [4.78, 5) is 35.7. The largest absolute Gasteiger partial charge is 0.340 e. The zero-order valence-electron chi connectivity index (χ0n) is 9.99. The molecular formula is C11H16N4O3. The van der Waals surface area contributed by atoms with E-state index in [1.807, 2.05) is 0 Å². The molecule has 3 N–H and O–H groups in total. The summed E-state index contributed by atoms with van der Waals surface area (Å²) in [5.74, 6) is 0.0727. The van der Waals surface area contributed by atoms with Gasteiger partial charge in [0.05, 0.1) is 0 Å². The average Bonchev–Trinajstić information content (AvgIpc) is 2.41. The van der Waals surface area contributed by atoms with Crippen LogP contribution < -0.4 is 16.3 Å². The molecule has 1 fully saturated rings. The minimum Gasteiger partial charge on any atom is -0.340 e. The van der Waals surface area contributed by atoms with Gasteiger partial charge in [0.1, 0.15) is 0 Å². The number of rotatable bonds is 3. The predicted octanol–water partition coefficient (Wildman–Crippen LogP) is -1.57. The highest BCUT2D eigenvalue weighted by atomic mass is 16.2. The molecule has 98 valence electrons. The van der Waals surface area contributed by atoms with Crippen molar-refractivity contribution in [1.82, 2.24) is 20.4 Å². The van der Waals surface area contributed by atoms with Gasteiger partial charge in [-0.3, -0.25) is 19.5 Å². The molecule has 7 heteroatoms. The van der Waals surface area contributed by atoms with Crippen LogP contribution in [0.15, 0.2) is 15.7 Å². The Morgan fingerprint density at radius 3 is 2.61 bits per heavy atom. The molecule has 18 heavy (non-hydrogen) atoms. The third-order valence-electron chi connectivity index (χ3n) is 2.94. The fourth-order valence-electron chi connectivity index (χ4n) is 1.91. The van der Waals surface area contributed by atoms with Crippen molar-refractivity contribution >= 4 is 5.91 Å². The lowest BCUT2D eigenvalue weighted by molar-refractivity contribution is -0.131. The van der Waals surface area contributed by atoms with Crippen molar-refractivity contribution in [3.05, 3.63) is 32.3 Å². The maximum absolute atomic E-state index is 11.9. The smallest absolute Gasteiger partial charge is 0.310 e. The molecule has 0 atom stereocenters. The fourth-order valence-corrected chi connectivity index (χ4v) is 1.91. The molecule has 1 aromatic rings. The highest BCUT2D eigenvalue weighted by Crippen LogP contribution is 2.01. The summed E-state index contributed by atoms with van der Waals surface area (Å²) in [5.41, 5.74) is -0.686. The van der Waals surface area contributed by atoms with Crippen LogP contribution in [0.5, 0.6) is 0 Å². The van der Waals surface area contributed by atoms with E-state index in [1.54, 1.807) is 4.90 Å². The van der Waals surface area contributed by atoms with Crippen LogP contribution in [0.1, 0.15) is 12.1 Å². The lowest BCUT2D eigenvalue weighted by Gasteiger charge is -2.27. The zero-order valence-corrected chi connectivity index (χ0v) is 9.99. The molecule has 7 nitrogen and oxygen atoms in total. The SMILES string of the molecule is O=C(CCc1cc(=O)c(=O)[nH][nH]1)N1CCNCC1. The van der Waals surface area contributed by atoms with Crippen LogP contribution in [0, 0.1) is 0 Å². The molecule has 0 unspecified atom stereocenters. The Balaban J connectivity index is 1.90. The van der Waals surface area contributed by atoms with Gasteiger partial charge in [0.2, 0.25) is 11.3 Å². The van der Waals surface area contributed by atoms with Crippen LogP contribution in [0.2, 0.25) is 0 Å². The molecule has 0 aromatic carbocycles. The quantitative estimate of drug-likeness (QED) is 0.566. The number of nitrogens with zero attached hydrogens (tertiary/aromatic N) is 1. The second-order valence-electron chi connectivity index (χ2n) is 4.24. The van der Waals surface area contributed by atoms with Crippen LogP contribution >= 0.6 is 0 Å². The Labute approximate surface area is 103 Å². The van der Waals surface area contributed by atoms with E-state index in [2.05, 4.69) is 15.5 Å². The molecule has 0 bridgehead atoms. The molecule has 1 aromatic heterocycles. The molecule has 2 heterocycles. The standard InChI is InChI=1S/C11H16N4O3/c16-9-7-8(13-14-11(9)18)1-2-10(17)15-5-3-12-4-6-15/h7,12H,1-6H2,(H,13,16)(H,14,18). The van der Waals surface area contributed by atoms with Gasteiger partial charge in [-0.05, 0) is 6.42 Å². The molecule has 1 saturated heterocycles. The number of aromatic amines is 2. The first-order chi connectivity index (χ1) is 8.66. The molecule has 0 spiro atoms. The van der Waals surface area contributed by atoms with Crippen LogP contribution in [0.25, 0.3) is 0 Å². The summed E-state index contributed by atoms with van der Waals surface area (Å²) in [6.45, 7) is 3.09. The van der Waals surface area contributed by atoms with Crippen molar-refractivity contribution in [3.8, 4) is 0 Å². The van der Waals surface area contributed by atoms with Crippen LogP contribution in [0.4, 0.5) is 0 Å². The van der Waals surface area contributed by atoms with Gasteiger partial charge in [0.25, 0.3) is 0 Å². The van der Waals surface area contributed by atoms with Crippen LogP contribution in [-0.4, -0.2) is 47.2 Å². The van der Waals surface area contributed by atoms with Crippen LogP contribution in [-0.2, 0) is 11.2 Å². The lowest BCUT2D eigenvalue weighted by Crippen LogP contribution is -2.46.